The van der Waals surface area contributed by atoms with Crippen LogP contribution in [0.1, 0.15) is 65.7 Å². The van der Waals surface area contributed by atoms with Crippen LogP contribution in [0.4, 0.5) is 0 Å². The van der Waals surface area contributed by atoms with E-state index in [4.69, 9.17) is 5.73 Å². The lowest BCUT2D eigenvalue weighted by molar-refractivity contribution is 0.0637. The number of nitrogens with two attached hydrogens (primary N) is 1. The number of hydrogen-bond donors (Lipinski definition) is 1. The highest BCUT2D eigenvalue weighted by Gasteiger charge is 2.33. The van der Waals surface area contributed by atoms with Crippen molar-refractivity contribution in [2.45, 2.75) is 77.8 Å². The van der Waals surface area contributed by atoms with Crippen molar-refractivity contribution in [1.82, 2.24) is 4.90 Å². The van der Waals surface area contributed by atoms with E-state index in [0.29, 0.717) is 0 Å². The molecular weight excluding hydrogens is 220 g/mol. The minimum atomic E-state index is 0.726. The minimum absolute atomic E-state index is 0.726. The molecule has 3 unspecified atom stereocenters. The first-order valence-corrected chi connectivity index (χ1v) is 8.09. The van der Waals surface area contributed by atoms with Crippen LogP contribution in [0.5, 0.6) is 0 Å². The molecule has 0 aromatic rings. The van der Waals surface area contributed by atoms with Crippen molar-refractivity contribution >= 4 is 0 Å². The lowest BCUT2D eigenvalue weighted by atomic mass is 9.75. The van der Waals surface area contributed by atoms with Gasteiger partial charge in [-0.1, -0.05) is 40.0 Å². The Hall–Kier alpha value is -0.0800. The summed E-state index contributed by atoms with van der Waals surface area (Å²) in [5, 5.41) is 0. The summed E-state index contributed by atoms with van der Waals surface area (Å²) in [4.78, 5) is 2.65. The fourth-order valence-corrected chi connectivity index (χ4v) is 3.87. The highest BCUT2D eigenvalue weighted by molar-refractivity contribution is 4.88. The Morgan fingerprint density at radius 3 is 2.33 bits per heavy atom. The van der Waals surface area contributed by atoms with Crippen molar-refractivity contribution in [3.63, 3.8) is 0 Å². The van der Waals surface area contributed by atoms with Crippen LogP contribution in [0.15, 0.2) is 0 Å². The molecule has 2 heteroatoms. The molecule has 0 saturated heterocycles. The number of nitrogens with zero attached hydrogens (tertiary/aromatic N) is 1. The van der Waals surface area contributed by atoms with E-state index in [1.165, 1.54) is 44.9 Å². The minimum Gasteiger partial charge on any atom is -0.330 e. The van der Waals surface area contributed by atoms with Gasteiger partial charge >= 0.3 is 0 Å². The molecule has 2 nitrogen and oxygen atoms in total. The van der Waals surface area contributed by atoms with Gasteiger partial charge < -0.3 is 10.6 Å². The normalized spacial score (nSPS) is 29.2. The van der Waals surface area contributed by atoms with Crippen LogP contribution in [0.25, 0.3) is 0 Å². The third-order valence-corrected chi connectivity index (χ3v) is 5.11. The topological polar surface area (TPSA) is 29.3 Å². The quantitative estimate of drug-likeness (QED) is 0.751. The maximum atomic E-state index is 6.01. The first kappa shape index (κ1) is 16.0. The van der Waals surface area contributed by atoms with Gasteiger partial charge in [0.25, 0.3) is 0 Å². The summed E-state index contributed by atoms with van der Waals surface area (Å²) >= 11 is 0. The molecule has 0 amide bonds. The third kappa shape index (κ3) is 3.96. The first-order chi connectivity index (χ1) is 8.67. The fourth-order valence-electron chi connectivity index (χ4n) is 3.87. The van der Waals surface area contributed by atoms with Crippen LogP contribution in [0, 0.1) is 11.8 Å². The zero-order valence-corrected chi connectivity index (χ0v) is 13.0. The Labute approximate surface area is 114 Å². The molecule has 1 aliphatic rings. The summed E-state index contributed by atoms with van der Waals surface area (Å²) in [6.45, 7) is 7.81. The van der Waals surface area contributed by atoms with Crippen LogP contribution in [0.2, 0.25) is 0 Å². The SMILES string of the molecule is CCCC1CCC(CN)C(N(C)C(CC)CC)C1. The predicted octanol–water partition coefficient (Wildman–Crippen LogP) is 3.65. The average Bonchev–Trinajstić information content (AvgIpc) is 2.40. The number of rotatable bonds is 7. The molecule has 3 atom stereocenters. The maximum absolute atomic E-state index is 6.01. The van der Waals surface area contributed by atoms with Crippen molar-refractivity contribution in [3.05, 3.63) is 0 Å². The average molecular weight is 254 g/mol. The molecule has 0 bridgehead atoms. The second-order valence-electron chi connectivity index (χ2n) is 6.17. The molecule has 1 saturated carbocycles. The zero-order chi connectivity index (χ0) is 13.5. The molecule has 108 valence electrons. The van der Waals surface area contributed by atoms with E-state index in [2.05, 4.69) is 32.7 Å². The summed E-state index contributed by atoms with van der Waals surface area (Å²) < 4.78 is 0. The van der Waals surface area contributed by atoms with Crippen LogP contribution >= 0.6 is 0 Å². The van der Waals surface area contributed by atoms with Crippen molar-refractivity contribution in [3.8, 4) is 0 Å². The van der Waals surface area contributed by atoms with E-state index in [1.807, 2.05) is 0 Å². The molecule has 1 fully saturated rings. The summed E-state index contributed by atoms with van der Waals surface area (Å²) in [5.74, 6) is 1.67. The standard InChI is InChI=1S/C16H34N2/c1-5-8-13-9-10-14(12-17)16(11-13)18(4)15(6-2)7-3/h13-16H,5-12,17H2,1-4H3. The van der Waals surface area contributed by atoms with E-state index >= 15 is 0 Å². The smallest absolute Gasteiger partial charge is 0.0138 e. The fraction of sp³-hybridized carbons (Fsp3) is 1.00. The molecule has 0 radical (unpaired) electrons. The van der Waals surface area contributed by atoms with Gasteiger partial charge in [-0.15, -0.1) is 0 Å². The van der Waals surface area contributed by atoms with E-state index in [9.17, 15) is 0 Å². The molecule has 0 aromatic heterocycles. The molecule has 0 spiro atoms. The van der Waals surface area contributed by atoms with Crippen LogP contribution < -0.4 is 5.73 Å². The second-order valence-corrected chi connectivity index (χ2v) is 6.17. The van der Waals surface area contributed by atoms with Gasteiger partial charge in [0.1, 0.15) is 0 Å². The first-order valence-electron chi connectivity index (χ1n) is 8.09. The molecule has 0 aliphatic heterocycles. The van der Waals surface area contributed by atoms with Crippen molar-refractivity contribution in [1.29, 1.82) is 0 Å². The van der Waals surface area contributed by atoms with E-state index in [1.54, 1.807) is 0 Å². The Bertz CT molecular complexity index is 213. The van der Waals surface area contributed by atoms with E-state index in [0.717, 1.165) is 30.5 Å². The van der Waals surface area contributed by atoms with Gasteiger partial charge in [0, 0.05) is 12.1 Å². The molecule has 18 heavy (non-hydrogen) atoms. The summed E-state index contributed by atoms with van der Waals surface area (Å²) in [5.41, 5.74) is 6.01. The van der Waals surface area contributed by atoms with Gasteiger partial charge in [0.05, 0.1) is 0 Å². The number of hydrogen-bond acceptors (Lipinski definition) is 2. The van der Waals surface area contributed by atoms with Crippen LogP contribution in [0.3, 0.4) is 0 Å². The summed E-state index contributed by atoms with van der Waals surface area (Å²) in [6.07, 6.45) is 9.39. The lowest BCUT2D eigenvalue weighted by Crippen LogP contribution is -2.49. The van der Waals surface area contributed by atoms with Crippen LogP contribution in [-0.4, -0.2) is 30.6 Å². The van der Waals surface area contributed by atoms with Crippen molar-refractivity contribution < 1.29 is 0 Å². The van der Waals surface area contributed by atoms with E-state index < -0.39 is 0 Å². The van der Waals surface area contributed by atoms with E-state index in [-0.39, 0.29) is 0 Å². The van der Waals surface area contributed by atoms with Gasteiger partial charge in [-0.2, -0.15) is 0 Å². The van der Waals surface area contributed by atoms with Gasteiger partial charge in [0.2, 0.25) is 0 Å². The molecule has 1 rings (SSSR count). The van der Waals surface area contributed by atoms with Crippen molar-refractivity contribution in [2.24, 2.45) is 17.6 Å². The van der Waals surface area contributed by atoms with Gasteiger partial charge in [0.15, 0.2) is 0 Å². The van der Waals surface area contributed by atoms with Gasteiger partial charge in [-0.25, -0.2) is 0 Å². The lowest BCUT2D eigenvalue weighted by Gasteiger charge is -2.44. The molecule has 1 aliphatic carbocycles. The predicted molar refractivity (Wildman–Crippen MR) is 80.7 cm³/mol. The largest absolute Gasteiger partial charge is 0.330 e. The zero-order valence-electron chi connectivity index (χ0n) is 13.0. The third-order valence-electron chi connectivity index (χ3n) is 5.11. The van der Waals surface area contributed by atoms with Gasteiger partial charge in [-0.05, 0) is 51.1 Å². The molecule has 0 heterocycles. The van der Waals surface area contributed by atoms with Crippen molar-refractivity contribution in [2.75, 3.05) is 13.6 Å². The monoisotopic (exact) mass is 254 g/mol. The second kappa shape index (κ2) is 8.16. The Kier molecular flexibility index (Phi) is 7.25. The van der Waals surface area contributed by atoms with Crippen LogP contribution in [-0.2, 0) is 0 Å². The maximum Gasteiger partial charge on any atom is 0.0138 e. The van der Waals surface area contributed by atoms with Gasteiger partial charge in [-0.3, -0.25) is 0 Å². The Morgan fingerprint density at radius 2 is 1.83 bits per heavy atom. The highest BCUT2D eigenvalue weighted by Crippen LogP contribution is 2.35. The molecule has 2 N–H and O–H groups in total. The summed E-state index contributed by atoms with van der Waals surface area (Å²) in [7, 11) is 2.33. The summed E-state index contributed by atoms with van der Waals surface area (Å²) in [6, 6.07) is 1.47. The Morgan fingerprint density at radius 1 is 1.17 bits per heavy atom. The molecule has 0 aromatic carbocycles. The molecular formula is C16H34N2. The highest BCUT2D eigenvalue weighted by atomic mass is 15.2. The Balaban J connectivity index is 2.66.